The summed E-state index contributed by atoms with van der Waals surface area (Å²) in [5.74, 6) is 1.52. The quantitative estimate of drug-likeness (QED) is 0.343. The van der Waals surface area contributed by atoms with E-state index < -0.39 is 0 Å². The SMILES string of the molecule is CCCCCc1cc(C)c(N2c3ccccc3Oc3nc(C)ccc32)c(C)c1. The summed E-state index contributed by atoms with van der Waals surface area (Å²) in [7, 11) is 0. The number of aromatic nitrogens is 1. The fourth-order valence-corrected chi connectivity index (χ4v) is 4.10. The number of para-hydroxylation sites is 2. The Kier molecular flexibility index (Phi) is 5.08. The zero-order chi connectivity index (χ0) is 19.7. The average Bonchev–Trinajstić information content (AvgIpc) is 2.67. The van der Waals surface area contributed by atoms with Gasteiger partial charge in [-0.1, -0.05) is 44.0 Å². The summed E-state index contributed by atoms with van der Waals surface area (Å²) in [5.41, 5.74) is 8.24. The molecule has 1 aliphatic rings. The van der Waals surface area contributed by atoms with Crippen molar-refractivity contribution in [2.45, 2.75) is 53.4 Å². The van der Waals surface area contributed by atoms with Gasteiger partial charge in [0.25, 0.3) is 0 Å². The normalized spacial score (nSPS) is 12.4. The van der Waals surface area contributed by atoms with Crippen molar-refractivity contribution in [3.05, 3.63) is 70.9 Å². The Labute approximate surface area is 168 Å². The standard InChI is InChI=1S/C25H28N2O/c1-5-6-7-10-20-15-17(2)24(18(3)16-20)27-21-11-8-9-12-23(21)28-25-22(27)14-13-19(4)26-25/h8-9,11-16H,5-7,10H2,1-4H3. The van der Waals surface area contributed by atoms with Gasteiger partial charge in [-0.3, -0.25) is 0 Å². The van der Waals surface area contributed by atoms with Gasteiger partial charge in [0.05, 0.1) is 11.4 Å². The largest absolute Gasteiger partial charge is 0.435 e. The number of rotatable bonds is 5. The summed E-state index contributed by atoms with van der Waals surface area (Å²) in [5, 5.41) is 0. The topological polar surface area (TPSA) is 25.4 Å². The maximum absolute atomic E-state index is 6.13. The number of fused-ring (bicyclic) bond motifs is 2. The summed E-state index contributed by atoms with van der Waals surface area (Å²) < 4.78 is 6.13. The molecule has 0 spiro atoms. The van der Waals surface area contributed by atoms with Gasteiger partial charge in [-0.15, -0.1) is 0 Å². The minimum Gasteiger partial charge on any atom is -0.435 e. The molecule has 0 unspecified atom stereocenters. The van der Waals surface area contributed by atoms with Crippen LogP contribution >= 0.6 is 0 Å². The van der Waals surface area contributed by atoms with E-state index in [1.54, 1.807) is 0 Å². The highest BCUT2D eigenvalue weighted by Gasteiger charge is 2.28. The fraction of sp³-hybridized carbons (Fsp3) is 0.320. The van der Waals surface area contributed by atoms with E-state index >= 15 is 0 Å². The first-order valence-corrected chi connectivity index (χ1v) is 10.2. The van der Waals surface area contributed by atoms with Crippen molar-refractivity contribution in [3.8, 4) is 11.6 Å². The molecule has 1 aliphatic heterocycles. The van der Waals surface area contributed by atoms with Crippen molar-refractivity contribution < 1.29 is 4.74 Å². The van der Waals surface area contributed by atoms with Gasteiger partial charge in [0, 0.05) is 5.69 Å². The molecule has 3 aromatic rings. The molecule has 28 heavy (non-hydrogen) atoms. The van der Waals surface area contributed by atoms with Crippen molar-refractivity contribution in [2.24, 2.45) is 0 Å². The van der Waals surface area contributed by atoms with Crippen molar-refractivity contribution in [1.82, 2.24) is 4.98 Å². The zero-order valence-corrected chi connectivity index (χ0v) is 17.2. The summed E-state index contributed by atoms with van der Waals surface area (Å²) in [6.45, 7) is 8.68. The third-order valence-corrected chi connectivity index (χ3v) is 5.38. The molecule has 0 bridgehead atoms. The molecule has 144 valence electrons. The minimum atomic E-state index is 0.671. The van der Waals surface area contributed by atoms with Gasteiger partial charge in [0.15, 0.2) is 5.75 Å². The lowest BCUT2D eigenvalue weighted by Gasteiger charge is -2.34. The van der Waals surface area contributed by atoms with E-state index in [0.717, 1.165) is 29.2 Å². The summed E-state index contributed by atoms with van der Waals surface area (Å²) in [4.78, 5) is 6.96. The van der Waals surface area contributed by atoms with Crippen LogP contribution in [0, 0.1) is 20.8 Å². The molecule has 0 aliphatic carbocycles. The van der Waals surface area contributed by atoms with E-state index in [0.29, 0.717) is 5.88 Å². The Morgan fingerprint density at radius 2 is 1.64 bits per heavy atom. The molecule has 0 N–H and O–H groups in total. The molecule has 0 saturated carbocycles. The molecular weight excluding hydrogens is 344 g/mol. The van der Waals surface area contributed by atoms with Crippen molar-refractivity contribution in [1.29, 1.82) is 0 Å². The van der Waals surface area contributed by atoms with Gasteiger partial charge in [-0.05, 0) is 74.6 Å². The van der Waals surface area contributed by atoms with Crippen LogP contribution in [0.3, 0.4) is 0 Å². The lowest BCUT2D eigenvalue weighted by atomic mass is 9.98. The molecular formula is C25H28N2O. The third kappa shape index (κ3) is 3.37. The lowest BCUT2D eigenvalue weighted by molar-refractivity contribution is 0.456. The third-order valence-electron chi connectivity index (χ3n) is 5.38. The highest BCUT2D eigenvalue weighted by molar-refractivity contribution is 5.87. The molecule has 0 radical (unpaired) electrons. The van der Waals surface area contributed by atoms with Crippen molar-refractivity contribution in [2.75, 3.05) is 4.90 Å². The Morgan fingerprint density at radius 3 is 2.39 bits per heavy atom. The van der Waals surface area contributed by atoms with Gasteiger partial charge < -0.3 is 9.64 Å². The Hall–Kier alpha value is -2.81. The molecule has 1 aromatic heterocycles. The van der Waals surface area contributed by atoms with Crippen molar-refractivity contribution >= 4 is 17.1 Å². The van der Waals surface area contributed by atoms with E-state index in [2.05, 4.69) is 61.0 Å². The number of anilines is 3. The maximum atomic E-state index is 6.13. The van der Waals surface area contributed by atoms with Gasteiger partial charge >= 0.3 is 0 Å². The summed E-state index contributed by atoms with van der Waals surface area (Å²) >= 11 is 0. The molecule has 3 nitrogen and oxygen atoms in total. The number of benzene rings is 2. The predicted octanol–water partition coefficient (Wildman–Crippen LogP) is 7.32. The first-order chi connectivity index (χ1) is 13.6. The second-order valence-electron chi connectivity index (χ2n) is 7.72. The predicted molar refractivity (Wildman–Crippen MR) is 116 cm³/mol. The van der Waals surface area contributed by atoms with E-state index in [4.69, 9.17) is 4.74 Å². The Morgan fingerprint density at radius 1 is 0.893 bits per heavy atom. The molecule has 0 saturated heterocycles. The van der Waals surface area contributed by atoms with Crippen LogP contribution in [0.4, 0.5) is 17.1 Å². The summed E-state index contributed by atoms with van der Waals surface area (Å²) in [6.07, 6.45) is 4.94. The van der Waals surface area contributed by atoms with Gasteiger partial charge in [-0.25, -0.2) is 4.98 Å². The molecule has 2 heterocycles. The molecule has 4 rings (SSSR count). The van der Waals surface area contributed by atoms with Crippen LogP contribution < -0.4 is 9.64 Å². The number of hydrogen-bond acceptors (Lipinski definition) is 3. The zero-order valence-electron chi connectivity index (χ0n) is 17.2. The number of aryl methyl sites for hydroxylation is 4. The van der Waals surface area contributed by atoms with E-state index in [9.17, 15) is 0 Å². The summed E-state index contributed by atoms with van der Waals surface area (Å²) in [6, 6.07) is 17.1. The molecule has 0 fully saturated rings. The second-order valence-corrected chi connectivity index (χ2v) is 7.72. The van der Waals surface area contributed by atoms with Crippen LogP contribution in [0.5, 0.6) is 11.6 Å². The Balaban J connectivity index is 1.83. The van der Waals surface area contributed by atoms with Gasteiger partial charge in [0.2, 0.25) is 5.88 Å². The molecule has 0 atom stereocenters. The maximum Gasteiger partial charge on any atom is 0.244 e. The fourth-order valence-electron chi connectivity index (χ4n) is 4.10. The highest BCUT2D eigenvalue weighted by Crippen LogP contribution is 2.51. The number of nitrogens with zero attached hydrogens (tertiary/aromatic N) is 2. The average molecular weight is 373 g/mol. The second kappa shape index (κ2) is 7.67. The monoisotopic (exact) mass is 372 g/mol. The smallest absolute Gasteiger partial charge is 0.244 e. The number of hydrogen-bond donors (Lipinski definition) is 0. The first kappa shape index (κ1) is 18.5. The van der Waals surface area contributed by atoms with Crippen LogP contribution in [0.2, 0.25) is 0 Å². The van der Waals surface area contributed by atoms with Crippen LogP contribution in [0.1, 0.15) is 48.6 Å². The Bertz CT molecular complexity index is 986. The number of ether oxygens (including phenoxy) is 1. The number of pyridine rings is 1. The first-order valence-electron chi connectivity index (χ1n) is 10.2. The van der Waals surface area contributed by atoms with Crippen LogP contribution in [-0.4, -0.2) is 4.98 Å². The van der Waals surface area contributed by atoms with Crippen molar-refractivity contribution in [3.63, 3.8) is 0 Å². The van der Waals surface area contributed by atoms with Gasteiger partial charge in [-0.2, -0.15) is 0 Å². The number of unbranched alkanes of at least 4 members (excludes halogenated alkanes) is 2. The van der Waals surface area contributed by atoms with E-state index in [-0.39, 0.29) is 0 Å². The van der Waals surface area contributed by atoms with Crippen LogP contribution in [0.25, 0.3) is 0 Å². The van der Waals surface area contributed by atoms with Gasteiger partial charge in [0.1, 0.15) is 5.69 Å². The lowest BCUT2D eigenvalue weighted by Crippen LogP contribution is -2.18. The van der Waals surface area contributed by atoms with E-state index in [1.807, 2.05) is 25.1 Å². The molecule has 0 amide bonds. The highest BCUT2D eigenvalue weighted by atomic mass is 16.5. The van der Waals surface area contributed by atoms with Crippen LogP contribution in [0.15, 0.2) is 48.5 Å². The van der Waals surface area contributed by atoms with E-state index in [1.165, 1.54) is 41.6 Å². The minimum absolute atomic E-state index is 0.671. The molecule has 2 aromatic carbocycles. The molecule has 3 heteroatoms. The van der Waals surface area contributed by atoms with Crippen LogP contribution in [-0.2, 0) is 6.42 Å².